The number of nitrogens with one attached hydrogen (secondary N) is 1. The van der Waals surface area contributed by atoms with E-state index in [9.17, 15) is 0 Å². The Morgan fingerprint density at radius 3 is 2.40 bits per heavy atom. The van der Waals surface area contributed by atoms with Crippen molar-refractivity contribution < 1.29 is 0 Å². The number of nitrogens with two attached hydrogens (primary N) is 1. The van der Waals surface area contributed by atoms with Crippen LogP contribution in [-0.4, -0.2) is 6.04 Å². The number of rotatable bonds is 11. The predicted molar refractivity (Wildman–Crippen MR) is 88.6 cm³/mol. The number of hydrogen-bond donors (Lipinski definition) is 2. The first-order valence-corrected chi connectivity index (χ1v) is 8.28. The molecule has 1 aromatic rings. The topological polar surface area (TPSA) is 38.0 Å². The molecule has 20 heavy (non-hydrogen) atoms. The summed E-state index contributed by atoms with van der Waals surface area (Å²) in [6.45, 7) is 4.41. The van der Waals surface area contributed by atoms with Crippen LogP contribution in [0.4, 0.5) is 0 Å². The highest BCUT2D eigenvalue weighted by molar-refractivity contribution is 5.22. The van der Waals surface area contributed by atoms with Crippen molar-refractivity contribution in [2.45, 2.75) is 77.7 Å². The molecule has 1 atom stereocenters. The van der Waals surface area contributed by atoms with E-state index in [0.29, 0.717) is 6.04 Å². The maximum atomic E-state index is 5.69. The van der Waals surface area contributed by atoms with Crippen molar-refractivity contribution in [3.63, 3.8) is 0 Å². The number of unbranched alkanes of at least 4 members (excludes halogenated alkanes) is 6. The summed E-state index contributed by atoms with van der Waals surface area (Å²) in [6.07, 6.45) is 11.7. The van der Waals surface area contributed by atoms with Gasteiger partial charge in [-0.25, -0.2) is 0 Å². The van der Waals surface area contributed by atoms with Crippen molar-refractivity contribution in [3.05, 3.63) is 35.4 Å². The molecule has 0 aliphatic carbocycles. The van der Waals surface area contributed by atoms with E-state index < -0.39 is 0 Å². The maximum Gasteiger partial charge on any atom is 0.0250 e. The molecule has 0 spiro atoms. The van der Waals surface area contributed by atoms with Crippen molar-refractivity contribution in [1.82, 2.24) is 5.43 Å². The van der Waals surface area contributed by atoms with Gasteiger partial charge in [-0.3, -0.25) is 11.3 Å². The number of hydrogen-bond acceptors (Lipinski definition) is 2. The fraction of sp³-hybridized carbons (Fsp3) is 0.667. The Labute approximate surface area is 125 Å². The van der Waals surface area contributed by atoms with Gasteiger partial charge in [0.25, 0.3) is 0 Å². The van der Waals surface area contributed by atoms with Gasteiger partial charge in [-0.05, 0) is 25.3 Å². The smallest absolute Gasteiger partial charge is 0.0250 e. The molecule has 2 nitrogen and oxygen atoms in total. The summed E-state index contributed by atoms with van der Waals surface area (Å²) >= 11 is 0. The van der Waals surface area contributed by atoms with Crippen molar-refractivity contribution >= 4 is 0 Å². The van der Waals surface area contributed by atoms with Gasteiger partial charge in [-0.15, -0.1) is 0 Å². The molecule has 114 valence electrons. The highest BCUT2D eigenvalue weighted by atomic mass is 15.2. The minimum atomic E-state index is 0.410. The monoisotopic (exact) mass is 276 g/mol. The summed E-state index contributed by atoms with van der Waals surface area (Å²) in [5.74, 6) is 5.69. The Morgan fingerprint density at radius 2 is 1.75 bits per heavy atom. The molecule has 1 aromatic carbocycles. The van der Waals surface area contributed by atoms with Gasteiger partial charge in [0.05, 0.1) is 0 Å². The molecule has 1 rings (SSSR count). The minimum Gasteiger partial charge on any atom is -0.271 e. The summed E-state index contributed by atoms with van der Waals surface area (Å²) in [5, 5.41) is 0. The Morgan fingerprint density at radius 1 is 1.05 bits per heavy atom. The minimum absolute atomic E-state index is 0.410. The molecule has 0 amide bonds. The van der Waals surface area contributed by atoms with E-state index in [1.807, 2.05) is 0 Å². The summed E-state index contributed by atoms with van der Waals surface area (Å²) in [6, 6.07) is 9.14. The molecule has 0 aromatic heterocycles. The van der Waals surface area contributed by atoms with Gasteiger partial charge in [0.2, 0.25) is 0 Å². The lowest BCUT2D eigenvalue weighted by molar-refractivity contribution is 0.458. The molecule has 0 bridgehead atoms. The highest BCUT2D eigenvalue weighted by Crippen LogP contribution is 2.13. The zero-order valence-corrected chi connectivity index (χ0v) is 13.3. The van der Waals surface area contributed by atoms with E-state index in [0.717, 1.165) is 6.42 Å². The van der Waals surface area contributed by atoms with E-state index in [1.54, 1.807) is 0 Å². The van der Waals surface area contributed by atoms with E-state index in [-0.39, 0.29) is 0 Å². The van der Waals surface area contributed by atoms with Crippen LogP contribution < -0.4 is 11.3 Å². The van der Waals surface area contributed by atoms with E-state index >= 15 is 0 Å². The summed E-state index contributed by atoms with van der Waals surface area (Å²) in [7, 11) is 0. The van der Waals surface area contributed by atoms with E-state index in [1.165, 1.54) is 62.5 Å². The van der Waals surface area contributed by atoms with Crippen LogP contribution in [0.3, 0.4) is 0 Å². The van der Waals surface area contributed by atoms with Crippen LogP contribution in [0.1, 0.15) is 69.4 Å². The zero-order valence-electron chi connectivity index (χ0n) is 13.3. The van der Waals surface area contributed by atoms with Gasteiger partial charge in [0.1, 0.15) is 0 Å². The van der Waals surface area contributed by atoms with Crippen LogP contribution in [0, 0.1) is 6.92 Å². The van der Waals surface area contributed by atoms with Crippen LogP contribution in [0.5, 0.6) is 0 Å². The van der Waals surface area contributed by atoms with Gasteiger partial charge in [0.15, 0.2) is 0 Å². The first-order chi connectivity index (χ1) is 9.76. The second-order valence-electron chi connectivity index (χ2n) is 5.97. The molecule has 0 aliphatic rings. The summed E-state index contributed by atoms with van der Waals surface area (Å²) < 4.78 is 0. The van der Waals surface area contributed by atoms with Crippen molar-refractivity contribution in [3.8, 4) is 0 Å². The van der Waals surface area contributed by atoms with Crippen molar-refractivity contribution in [2.24, 2.45) is 5.84 Å². The van der Waals surface area contributed by atoms with Crippen molar-refractivity contribution in [1.29, 1.82) is 0 Å². The maximum absolute atomic E-state index is 5.69. The zero-order chi connectivity index (χ0) is 14.6. The Kier molecular flexibility index (Phi) is 9.35. The van der Waals surface area contributed by atoms with Crippen LogP contribution in [0.2, 0.25) is 0 Å². The molecule has 1 unspecified atom stereocenters. The highest BCUT2D eigenvalue weighted by Gasteiger charge is 2.07. The van der Waals surface area contributed by atoms with Gasteiger partial charge >= 0.3 is 0 Å². The quantitative estimate of drug-likeness (QED) is 0.354. The van der Waals surface area contributed by atoms with Gasteiger partial charge in [0, 0.05) is 6.04 Å². The Balaban J connectivity index is 2.16. The van der Waals surface area contributed by atoms with Crippen LogP contribution >= 0.6 is 0 Å². The summed E-state index contributed by atoms with van der Waals surface area (Å²) in [5.41, 5.74) is 5.69. The van der Waals surface area contributed by atoms with E-state index in [4.69, 9.17) is 5.84 Å². The SMILES string of the molecule is CCCCCCCCCC(Cc1cccc(C)c1)NN. The number of aryl methyl sites for hydroxylation is 1. The fourth-order valence-corrected chi connectivity index (χ4v) is 2.72. The molecule has 3 N–H and O–H groups in total. The molecule has 0 heterocycles. The van der Waals surface area contributed by atoms with Gasteiger partial charge in [-0.2, -0.15) is 0 Å². The van der Waals surface area contributed by atoms with Crippen LogP contribution in [-0.2, 0) is 6.42 Å². The lowest BCUT2D eigenvalue weighted by Crippen LogP contribution is -2.36. The Bertz CT molecular complexity index is 349. The predicted octanol–water partition coefficient (Wildman–Crippen LogP) is 4.51. The van der Waals surface area contributed by atoms with Crippen LogP contribution in [0.25, 0.3) is 0 Å². The standard InChI is InChI=1S/C18H32N2/c1-3-4-5-6-7-8-9-13-18(20-19)15-17-12-10-11-16(2)14-17/h10-12,14,18,20H,3-9,13,15,19H2,1-2H3. The molecule has 0 saturated carbocycles. The molecular formula is C18H32N2. The second kappa shape index (κ2) is 10.9. The summed E-state index contributed by atoms with van der Waals surface area (Å²) in [4.78, 5) is 0. The van der Waals surface area contributed by atoms with Crippen molar-refractivity contribution in [2.75, 3.05) is 0 Å². The molecule has 2 heteroatoms. The largest absolute Gasteiger partial charge is 0.271 e. The first kappa shape index (κ1) is 17.2. The lowest BCUT2D eigenvalue weighted by Gasteiger charge is -2.16. The number of benzene rings is 1. The van der Waals surface area contributed by atoms with Gasteiger partial charge < -0.3 is 0 Å². The van der Waals surface area contributed by atoms with Crippen LogP contribution in [0.15, 0.2) is 24.3 Å². The number of hydrazine groups is 1. The molecule has 0 radical (unpaired) electrons. The second-order valence-corrected chi connectivity index (χ2v) is 5.97. The average Bonchev–Trinajstić information content (AvgIpc) is 2.45. The lowest BCUT2D eigenvalue weighted by atomic mass is 9.99. The third-order valence-corrected chi connectivity index (χ3v) is 3.96. The molecular weight excluding hydrogens is 244 g/mol. The Hall–Kier alpha value is -0.860. The third kappa shape index (κ3) is 7.66. The normalized spacial score (nSPS) is 12.6. The molecule has 0 fully saturated rings. The fourth-order valence-electron chi connectivity index (χ4n) is 2.72. The average molecular weight is 276 g/mol. The third-order valence-electron chi connectivity index (χ3n) is 3.96. The molecule has 0 saturated heterocycles. The van der Waals surface area contributed by atoms with Gasteiger partial charge in [-0.1, -0.05) is 81.7 Å². The first-order valence-electron chi connectivity index (χ1n) is 8.28. The van der Waals surface area contributed by atoms with E-state index in [2.05, 4.69) is 43.5 Å². The molecule has 0 aliphatic heterocycles.